The molecule has 0 aliphatic rings. The summed E-state index contributed by atoms with van der Waals surface area (Å²) in [6.45, 7) is 0. The fourth-order valence-corrected chi connectivity index (χ4v) is 1.03. The molecule has 66 valence electrons. The van der Waals surface area contributed by atoms with Gasteiger partial charge in [0, 0.05) is 0 Å². The Hall–Kier alpha value is -0.610. The Morgan fingerprint density at radius 1 is 1.33 bits per heavy atom. The summed E-state index contributed by atoms with van der Waals surface area (Å²) in [7, 11) is 0. The van der Waals surface area contributed by atoms with Crippen LogP contribution in [0.25, 0.3) is 0 Å². The van der Waals surface area contributed by atoms with E-state index in [1.165, 1.54) is 0 Å². The fraction of sp³-hybridized carbons (Fsp3) is 0.167. The van der Waals surface area contributed by atoms with Crippen LogP contribution in [0.1, 0.15) is 12.0 Å². The van der Waals surface area contributed by atoms with E-state index < -0.39 is 22.9 Å². The summed E-state index contributed by atoms with van der Waals surface area (Å²) >= 11 is 10.6. The summed E-state index contributed by atoms with van der Waals surface area (Å²) in [5.74, 6) is -0.503. The summed E-state index contributed by atoms with van der Waals surface area (Å²) in [5, 5.41) is 8.20. The van der Waals surface area contributed by atoms with Crippen LogP contribution in [0.5, 0.6) is 5.75 Å². The van der Waals surface area contributed by atoms with E-state index in [-0.39, 0.29) is 5.15 Å². The van der Waals surface area contributed by atoms with Crippen molar-refractivity contribution in [3.63, 3.8) is 0 Å². The number of nitrogens with zero attached hydrogens (tertiary/aromatic N) is 1. The van der Waals surface area contributed by atoms with Crippen molar-refractivity contribution in [1.82, 2.24) is 4.98 Å². The lowest BCUT2D eigenvalue weighted by Crippen LogP contribution is -1.89. The monoisotopic (exact) mass is 213 g/mol. The molecule has 0 saturated heterocycles. The first-order valence-electron chi connectivity index (χ1n) is 2.85. The highest BCUT2D eigenvalue weighted by molar-refractivity contribution is 6.33. The highest BCUT2D eigenvalue weighted by Crippen LogP contribution is 2.32. The largest absolute Gasteiger partial charge is 0.505 e. The molecule has 0 unspecified atom stereocenters. The predicted molar refractivity (Wildman–Crippen MR) is 40.9 cm³/mol. The molecule has 0 bridgehead atoms. The summed E-state index contributed by atoms with van der Waals surface area (Å²) in [6.07, 6.45) is -2.77. The maximum absolute atomic E-state index is 12.1. The Bertz CT molecular complexity index is 306. The minimum Gasteiger partial charge on any atom is -0.505 e. The molecule has 6 heteroatoms. The first kappa shape index (κ1) is 9.48. The minimum atomic E-state index is -2.77. The van der Waals surface area contributed by atoms with Crippen molar-refractivity contribution < 1.29 is 13.9 Å². The highest BCUT2D eigenvalue weighted by atomic mass is 35.5. The number of hydrogen-bond donors (Lipinski definition) is 1. The third-order valence-corrected chi connectivity index (χ3v) is 1.75. The molecule has 2 nitrogen and oxygen atoms in total. The molecule has 1 aromatic heterocycles. The van der Waals surface area contributed by atoms with Crippen LogP contribution in [-0.4, -0.2) is 10.1 Å². The second kappa shape index (κ2) is 3.41. The number of alkyl halides is 2. The first-order chi connectivity index (χ1) is 5.52. The Labute approximate surface area is 76.7 Å². The van der Waals surface area contributed by atoms with Crippen molar-refractivity contribution in [2.24, 2.45) is 0 Å². The minimum absolute atomic E-state index is 0.288. The first-order valence-corrected chi connectivity index (χ1v) is 3.61. The van der Waals surface area contributed by atoms with Crippen molar-refractivity contribution in [2.75, 3.05) is 0 Å². The molecule has 0 fully saturated rings. The van der Waals surface area contributed by atoms with Crippen LogP contribution in [0.4, 0.5) is 8.78 Å². The van der Waals surface area contributed by atoms with E-state index in [0.717, 1.165) is 6.07 Å². The zero-order valence-corrected chi connectivity index (χ0v) is 7.07. The second-order valence-electron chi connectivity index (χ2n) is 1.98. The molecular weight excluding hydrogens is 211 g/mol. The Morgan fingerprint density at radius 3 is 2.42 bits per heavy atom. The Kier molecular flexibility index (Phi) is 2.69. The molecule has 0 aliphatic heterocycles. The zero-order valence-electron chi connectivity index (χ0n) is 5.56. The normalized spacial score (nSPS) is 10.8. The van der Waals surface area contributed by atoms with E-state index in [0.29, 0.717) is 0 Å². The number of pyridine rings is 1. The van der Waals surface area contributed by atoms with Gasteiger partial charge in [0.1, 0.15) is 5.15 Å². The quantitative estimate of drug-likeness (QED) is 0.728. The van der Waals surface area contributed by atoms with Crippen molar-refractivity contribution in [3.8, 4) is 5.75 Å². The summed E-state index contributed by atoms with van der Waals surface area (Å²) < 4.78 is 24.1. The van der Waals surface area contributed by atoms with Crippen LogP contribution in [0.2, 0.25) is 10.3 Å². The van der Waals surface area contributed by atoms with E-state index in [4.69, 9.17) is 28.3 Å². The van der Waals surface area contributed by atoms with Crippen LogP contribution in [0.15, 0.2) is 6.07 Å². The molecule has 0 amide bonds. The van der Waals surface area contributed by atoms with Crippen LogP contribution >= 0.6 is 23.2 Å². The van der Waals surface area contributed by atoms with Crippen LogP contribution in [-0.2, 0) is 0 Å². The highest BCUT2D eigenvalue weighted by Gasteiger charge is 2.15. The van der Waals surface area contributed by atoms with E-state index in [2.05, 4.69) is 4.98 Å². The lowest BCUT2D eigenvalue weighted by molar-refractivity contribution is 0.150. The number of aromatic nitrogens is 1. The van der Waals surface area contributed by atoms with Gasteiger partial charge in [0.15, 0.2) is 10.9 Å². The molecule has 0 saturated carbocycles. The van der Waals surface area contributed by atoms with Crippen LogP contribution < -0.4 is 0 Å². The molecule has 0 spiro atoms. The van der Waals surface area contributed by atoms with Crippen molar-refractivity contribution >= 4 is 23.2 Å². The lowest BCUT2D eigenvalue weighted by Gasteiger charge is -2.03. The lowest BCUT2D eigenvalue weighted by atomic mass is 10.3. The van der Waals surface area contributed by atoms with Gasteiger partial charge in [-0.25, -0.2) is 13.8 Å². The van der Waals surface area contributed by atoms with Gasteiger partial charge in [0.25, 0.3) is 6.43 Å². The number of aromatic hydroxyl groups is 1. The van der Waals surface area contributed by atoms with Gasteiger partial charge >= 0.3 is 0 Å². The number of hydrogen-bond acceptors (Lipinski definition) is 2. The third kappa shape index (κ3) is 1.76. The molecule has 1 heterocycles. The van der Waals surface area contributed by atoms with Gasteiger partial charge in [0.05, 0.1) is 5.56 Å². The molecular formula is C6H3Cl2F2NO. The Morgan fingerprint density at radius 2 is 1.92 bits per heavy atom. The molecule has 1 rings (SSSR count). The van der Waals surface area contributed by atoms with E-state index in [9.17, 15) is 8.78 Å². The molecule has 0 atom stereocenters. The smallest absolute Gasteiger partial charge is 0.266 e. The SMILES string of the molecule is Oc1cc(C(F)F)c(Cl)nc1Cl. The van der Waals surface area contributed by atoms with Gasteiger partial charge in [-0.1, -0.05) is 23.2 Å². The number of rotatable bonds is 1. The molecule has 0 radical (unpaired) electrons. The topological polar surface area (TPSA) is 33.1 Å². The van der Waals surface area contributed by atoms with Crippen LogP contribution in [0, 0.1) is 0 Å². The predicted octanol–water partition coefficient (Wildman–Crippen LogP) is 3.03. The number of halogens is 4. The summed E-state index contributed by atoms with van der Waals surface area (Å²) in [4.78, 5) is 3.30. The molecule has 0 aliphatic carbocycles. The average Bonchev–Trinajstić information content (AvgIpc) is 1.96. The van der Waals surface area contributed by atoms with E-state index in [1.807, 2.05) is 0 Å². The van der Waals surface area contributed by atoms with Gasteiger partial charge < -0.3 is 5.11 Å². The maximum atomic E-state index is 12.1. The van der Waals surface area contributed by atoms with Gasteiger partial charge in [-0.05, 0) is 6.07 Å². The zero-order chi connectivity index (χ0) is 9.30. The van der Waals surface area contributed by atoms with Gasteiger partial charge in [-0.15, -0.1) is 0 Å². The van der Waals surface area contributed by atoms with Gasteiger partial charge in [0.2, 0.25) is 0 Å². The van der Waals surface area contributed by atoms with Crippen molar-refractivity contribution in [3.05, 3.63) is 21.9 Å². The Balaban J connectivity index is 3.23. The fourth-order valence-electron chi connectivity index (χ4n) is 0.627. The molecule has 0 aromatic carbocycles. The second-order valence-corrected chi connectivity index (χ2v) is 2.70. The molecule has 1 aromatic rings. The maximum Gasteiger partial charge on any atom is 0.266 e. The molecule has 1 N–H and O–H groups in total. The van der Waals surface area contributed by atoms with E-state index >= 15 is 0 Å². The van der Waals surface area contributed by atoms with Crippen LogP contribution in [0.3, 0.4) is 0 Å². The van der Waals surface area contributed by atoms with Crippen molar-refractivity contribution in [1.29, 1.82) is 0 Å². The van der Waals surface area contributed by atoms with E-state index in [1.54, 1.807) is 0 Å². The summed E-state index contributed by atoms with van der Waals surface area (Å²) in [5.41, 5.74) is -0.529. The standard InChI is InChI=1S/C6H3Cl2F2NO/c7-4-2(6(9)10)1-3(12)5(8)11-4/h1,6,12H. The third-order valence-electron chi connectivity index (χ3n) is 1.17. The molecule has 12 heavy (non-hydrogen) atoms. The summed E-state index contributed by atoms with van der Waals surface area (Å²) in [6, 6.07) is 0.794. The van der Waals surface area contributed by atoms with Gasteiger partial charge in [-0.3, -0.25) is 0 Å². The van der Waals surface area contributed by atoms with Crippen molar-refractivity contribution in [2.45, 2.75) is 6.43 Å². The van der Waals surface area contributed by atoms with Gasteiger partial charge in [-0.2, -0.15) is 0 Å². The average molecular weight is 214 g/mol.